The summed E-state index contributed by atoms with van der Waals surface area (Å²) in [6.07, 6.45) is 0. The third-order valence-corrected chi connectivity index (χ3v) is 3.32. The first-order chi connectivity index (χ1) is 11.7. The summed E-state index contributed by atoms with van der Waals surface area (Å²) in [5.41, 5.74) is 4.97. The van der Waals surface area contributed by atoms with Crippen LogP contribution in [-0.2, 0) is 5.67 Å². The fourth-order valence-corrected chi connectivity index (χ4v) is 2.12. The predicted octanol–water partition coefficient (Wildman–Crippen LogP) is 2.85. The molecule has 0 spiro atoms. The third kappa shape index (κ3) is 5.44. The van der Waals surface area contributed by atoms with Crippen LogP contribution >= 0.6 is 0 Å². The average Bonchev–Trinajstić information content (AvgIpc) is 2.51. The number of alkyl halides is 1. The summed E-state index contributed by atoms with van der Waals surface area (Å²) >= 11 is 0. The number of hydrogen-bond acceptors (Lipinski definition) is 7. The van der Waals surface area contributed by atoms with Gasteiger partial charge in [-0.3, -0.25) is 0 Å². The van der Waals surface area contributed by atoms with E-state index in [0.29, 0.717) is 12.4 Å². The lowest BCUT2D eigenvalue weighted by molar-refractivity contribution is 0.206. The second-order valence-electron chi connectivity index (χ2n) is 6.36. The lowest BCUT2D eigenvalue weighted by Gasteiger charge is -2.18. The Labute approximate surface area is 146 Å². The molecule has 2 rings (SSSR count). The minimum atomic E-state index is -1.70. The molecule has 8 heteroatoms. The van der Waals surface area contributed by atoms with Crippen molar-refractivity contribution in [1.82, 2.24) is 15.0 Å². The Morgan fingerprint density at radius 3 is 2.52 bits per heavy atom. The Hall–Kier alpha value is -2.64. The van der Waals surface area contributed by atoms with Gasteiger partial charge in [-0.05, 0) is 45.4 Å². The molecule has 1 aromatic heterocycles. The van der Waals surface area contributed by atoms with E-state index in [4.69, 9.17) is 15.2 Å². The number of nitrogen functional groups attached to an aromatic ring is 1. The molecule has 25 heavy (non-hydrogen) atoms. The minimum Gasteiger partial charge on any atom is -0.497 e. The van der Waals surface area contributed by atoms with E-state index in [1.807, 2.05) is 32.0 Å². The van der Waals surface area contributed by atoms with Crippen molar-refractivity contribution in [2.75, 3.05) is 24.8 Å². The van der Waals surface area contributed by atoms with Gasteiger partial charge in [-0.15, -0.1) is 0 Å². The number of benzene rings is 1. The number of ether oxygens (including phenoxy) is 2. The van der Waals surface area contributed by atoms with Gasteiger partial charge in [0, 0.05) is 6.07 Å². The van der Waals surface area contributed by atoms with Crippen LogP contribution in [0.2, 0.25) is 0 Å². The van der Waals surface area contributed by atoms with Gasteiger partial charge in [-0.25, -0.2) is 4.39 Å². The molecule has 1 heterocycles. The second kappa shape index (κ2) is 7.50. The average molecular weight is 349 g/mol. The lowest BCUT2D eigenvalue weighted by atomic mass is 10.1. The Morgan fingerprint density at radius 2 is 1.88 bits per heavy atom. The zero-order valence-electron chi connectivity index (χ0n) is 15.1. The molecule has 1 aromatic carbocycles. The maximum absolute atomic E-state index is 14.0. The van der Waals surface area contributed by atoms with Gasteiger partial charge in [0.2, 0.25) is 11.9 Å². The van der Waals surface area contributed by atoms with E-state index in [-0.39, 0.29) is 23.8 Å². The molecule has 3 N–H and O–H groups in total. The van der Waals surface area contributed by atoms with Crippen LogP contribution in [0.5, 0.6) is 11.5 Å². The zero-order valence-corrected chi connectivity index (χ0v) is 15.1. The normalized spacial score (nSPS) is 12.6. The van der Waals surface area contributed by atoms with Gasteiger partial charge in [-0.1, -0.05) is 0 Å². The highest BCUT2D eigenvalue weighted by Gasteiger charge is 2.24. The minimum absolute atomic E-state index is 0.0148. The van der Waals surface area contributed by atoms with Gasteiger partial charge in [0.05, 0.1) is 13.2 Å². The van der Waals surface area contributed by atoms with Crippen LogP contribution in [0, 0.1) is 6.92 Å². The largest absolute Gasteiger partial charge is 0.497 e. The van der Waals surface area contributed by atoms with Crippen molar-refractivity contribution in [2.45, 2.75) is 39.4 Å². The second-order valence-corrected chi connectivity index (χ2v) is 6.36. The Balaban J connectivity index is 2.02. The highest BCUT2D eigenvalue weighted by atomic mass is 19.1. The predicted molar refractivity (Wildman–Crippen MR) is 94.7 cm³/mol. The molecular weight excluding hydrogens is 325 g/mol. The molecule has 0 aliphatic rings. The summed E-state index contributed by atoms with van der Waals surface area (Å²) in [6, 6.07) is 5.51. The van der Waals surface area contributed by atoms with Gasteiger partial charge < -0.3 is 20.5 Å². The number of nitrogens with zero attached hydrogens (tertiary/aromatic N) is 3. The summed E-state index contributed by atoms with van der Waals surface area (Å²) in [4.78, 5) is 11.9. The standard InChI is InChI=1S/C17H24FN5O2/c1-10-6-12(24-5)8-13(7-10)25-9-11(2)20-16-22-14(17(3,4)18)21-15(19)23-16/h6-8,11H,9H2,1-5H3,(H3,19,20,21,22,23). The molecule has 7 nitrogen and oxygen atoms in total. The first-order valence-electron chi connectivity index (χ1n) is 7.93. The number of anilines is 2. The Morgan fingerprint density at radius 1 is 1.20 bits per heavy atom. The molecule has 0 amide bonds. The molecule has 0 bridgehead atoms. The molecule has 0 aliphatic heterocycles. The van der Waals surface area contributed by atoms with Crippen LogP contribution in [0.25, 0.3) is 0 Å². The van der Waals surface area contributed by atoms with Crippen LogP contribution in [0.3, 0.4) is 0 Å². The Bertz CT molecular complexity index is 733. The number of nitrogens with two attached hydrogens (primary N) is 1. The van der Waals surface area contributed by atoms with Crippen LogP contribution in [0.15, 0.2) is 18.2 Å². The van der Waals surface area contributed by atoms with Gasteiger partial charge in [-0.2, -0.15) is 15.0 Å². The molecule has 2 aromatic rings. The number of hydrogen-bond donors (Lipinski definition) is 2. The van der Waals surface area contributed by atoms with Crippen molar-refractivity contribution in [2.24, 2.45) is 0 Å². The molecule has 0 saturated carbocycles. The highest BCUT2D eigenvalue weighted by Crippen LogP contribution is 2.23. The van der Waals surface area contributed by atoms with Gasteiger partial charge in [0.1, 0.15) is 18.1 Å². The molecular formula is C17H24FN5O2. The first-order valence-corrected chi connectivity index (χ1v) is 7.93. The van der Waals surface area contributed by atoms with E-state index in [1.54, 1.807) is 7.11 Å². The van der Waals surface area contributed by atoms with Crippen LogP contribution in [0.1, 0.15) is 32.2 Å². The first kappa shape index (κ1) is 18.7. The molecule has 0 aliphatic carbocycles. The van der Waals surface area contributed by atoms with Gasteiger partial charge in [0.25, 0.3) is 0 Å². The van der Waals surface area contributed by atoms with Crippen molar-refractivity contribution < 1.29 is 13.9 Å². The topological polar surface area (TPSA) is 95.2 Å². The van der Waals surface area contributed by atoms with Gasteiger partial charge >= 0.3 is 0 Å². The summed E-state index contributed by atoms with van der Waals surface area (Å²) in [7, 11) is 1.61. The number of aromatic nitrogens is 3. The molecule has 136 valence electrons. The number of halogens is 1. The molecule has 0 fully saturated rings. The summed E-state index contributed by atoms with van der Waals surface area (Å²) < 4.78 is 25.0. The van der Waals surface area contributed by atoms with E-state index in [0.717, 1.165) is 11.3 Å². The number of nitrogens with one attached hydrogen (secondary N) is 1. The van der Waals surface area contributed by atoms with Crippen LogP contribution in [0.4, 0.5) is 16.3 Å². The van der Waals surface area contributed by atoms with Crippen molar-refractivity contribution in [3.05, 3.63) is 29.6 Å². The summed E-state index contributed by atoms with van der Waals surface area (Å²) in [6.45, 7) is 6.94. The number of aryl methyl sites for hydroxylation is 1. The Kier molecular flexibility index (Phi) is 5.61. The maximum Gasteiger partial charge on any atom is 0.228 e. The summed E-state index contributed by atoms with van der Waals surface area (Å²) in [5.74, 6) is 1.60. The fraction of sp³-hybridized carbons (Fsp3) is 0.471. The summed E-state index contributed by atoms with van der Waals surface area (Å²) in [5, 5.41) is 3.04. The quantitative estimate of drug-likeness (QED) is 0.793. The van der Waals surface area contributed by atoms with Crippen molar-refractivity contribution in [3.8, 4) is 11.5 Å². The SMILES string of the molecule is COc1cc(C)cc(OCC(C)Nc2nc(N)nc(C(C)(C)F)n2)c1. The van der Waals surface area contributed by atoms with Crippen LogP contribution < -0.4 is 20.5 Å². The lowest BCUT2D eigenvalue weighted by Crippen LogP contribution is -2.26. The van der Waals surface area contributed by atoms with Crippen molar-refractivity contribution >= 4 is 11.9 Å². The molecule has 1 atom stereocenters. The van der Waals surface area contributed by atoms with E-state index >= 15 is 0 Å². The zero-order chi connectivity index (χ0) is 18.6. The smallest absolute Gasteiger partial charge is 0.228 e. The molecule has 0 saturated heterocycles. The van der Waals surface area contributed by atoms with Crippen molar-refractivity contribution in [1.29, 1.82) is 0 Å². The highest BCUT2D eigenvalue weighted by molar-refractivity contribution is 5.38. The van der Waals surface area contributed by atoms with E-state index in [1.165, 1.54) is 13.8 Å². The van der Waals surface area contributed by atoms with Crippen LogP contribution in [-0.4, -0.2) is 34.7 Å². The number of methoxy groups -OCH3 is 1. The van der Waals surface area contributed by atoms with Crippen molar-refractivity contribution in [3.63, 3.8) is 0 Å². The maximum atomic E-state index is 14.0. The third-order valence-electron chi connectivity index (χ3n) is 3.32. The monoisotopic (exact) mass is 349 g/mol. The van der Waals surface area contributed by atoms with E-state index < -0.39 is 5.67 Å². The van der Waals surface area contributed by atoms with E-state index in [2.05, 4.69) is 20.3 Å². The van der Waals surface area contributed by atoms with E-state index in [9.17, 15) is 4.39 Å². The molecule has 0 radical (unpaired) electrons. The van der Waals surface area contributed by atoms with Gasteiger partial charge in [0.15, 0.2) is 11.5 Å². The molecule has 1 unspecified atom stereocenters. The number of rotatable bonds is 7. The fourth-order valence-electron chi connectivity index (χ4n) is 2.12.